The normalized spacial score (nSPS) is 24.4. The Morgan fingerprint density at radius 3 is 2.47 bits per heavy atom. The second-order valence-corrected chi connectivity index (χ2v) is 15.5. The number of hydrogen-bond donors (Lipinski definition) is 1. The number of rotatable bonds is 4. The molecule has 0 spiro atoms. The quantitative estimate of drug-likeness (QED) is 0.174. The molecule has 268 valence electrons. The second kappa shape index (κ2) is 14.5. The molecule has 11 nitrogen and oxygen atoms in total. The standard InChI is InChI=1S/C39H46BrN7O4/c1-23-13-14-32(40)43-37(23)44-38(50)31-18-39-22-51-15-11-9-7-5-6-8-10-12-27-16-28(29-19-41-26(4)42-20-29)17-30-34(25(3)48)45-46(35(27)30)21-33(49)47(31)36(39)24(39)2/h13-14,16-17,19-20,24,31,36H,5-12,15,18,21-22H2,1-4H3,(H,43,44,50)/t24-,31-,36?,39+/m0/s1. The molecule has 1 N–H and O–H groups in total. The summed E-state index contributed by atoms with van der Waals surface area (Å²) < 4.78 is 8.60. The number of carbonyl (C=O) groups is 3. The van der Waals surface area contributed by atoms with Gasteiger partial charge in [0.1, 0.15) is 34.5 Å². The van der Waals surface area contributed by atoms with E-state index in [2.05, 4.69) is 49.2 Å². The van der Waals surface area contributed by atoms with E-state index >= 15 is 0 Å². The van der Waals surface area contributed by atoms with Crippen molar-refractivity contribution in [2.45, 2.75) is 104 Å². The van der Waals surface area contributed by atoms with Gasteiger partial charge in [-0.1, -0.05) is 45.1 Å². The molecule has 3 aromatic heterocycles. The fourth-order valence-electron chi connectivity index (χ4n) is 8.36. The van der Waals surface area contributed by atoms with Gasteiger partial charge in [0.2, 0.25) is 11.8 Å². The number of aromatic nitrogens is 5. The molecule has 0 radical (unpaired) electrons. The van der Waals surface area contributed by atoms with Crippen LogP contribution in [0.2, 0.25) is 0 Å². The fourth-order valence-corrected chi connectivity index (χ4v) is 8.67. The summed E-state index contributed by atoms with van der Waals surface area (Å²) in [5.74, 6) is 0.683. The lowest BCUT2D eigenvalue weighted by Gasteiger charge is -2.28. The van der Waals surface area contributed by atoms with E-state index in [0.717, 1.165) is 66.3 Å². The highest BCUT2D eigenvalue weighted by atomic mass is 79.9. The molecule has 1 aliphatic carbocycles. The largest absolute Gasteiger partial charge is 0.381 e. The molecule has 1 saturated heterocycles. The molecule has 1 saturated carbocycles. The van der Waals surface area contributed by atoms with Gasteiger partial charge in [-0.15, -0.1) is 0 Å². The van der Waals surface area contributed by atoms with Crippen LogP contribution in [0.5, 0.6) is 0 Å². The van der Waals surface area contributed by atoms with Crippen LogP contribution in [0.15, 0.2) is 41.3 Å². The van der Waals surface area contributed by atoms with Crippen LogP contribution in [0.1, 0.15) is 92.7 Å². The molecule has 7 rings (SSSR count). The molecule has 4 atom stereocenters. The first kappa shape index (κ1) is 35.4. The minimum absolute atomic E-state index is 0.0954. The molecule has 2 bridgehead atoms. The Kier molecular flexibility index (Phi) is 10.1. The van der Waals surface area contributed by atoms with E-state index in [9.17, 15) is 14.4 Å². The van der Waals surface area contributed by atoms with Crippen molar-refractivity contribution in [1.82, 2.24) is 29.6 Å². The predicted octanol–water partition coefficient (Wildman–Crippen LogP) is 7.02. The fraction of sp³-hybridized carbons (Fsp3) is 0.513. The van der Waals surface area contributed by atoms with Crippen molar-refractivity contribution in [2.24, 2.45) is 11.3 Å². The lowest BCUT2D eigenvalue weighted by atomic mass is 9.96. The first-order valence-electron chi connectivity index (χ1n) is 18.2. The molecular weight excluding hydrogens is 710 g/mol. The molecule has 2 aliphatic heterocycles. The van der Waals surface area contributed by atoms with Gasteiger partial charge in [-0.3, -0.25) is 19.1 Å². The minimum atomic E-state index is -0.699. The van der Waals surface area contributed by atoms with Crippen molar-refractivity contribution in [3.63, 3.8) is 0 Å². The predicted molar refractivity (Wildman–Crippen MR) is 198 cm³/mol. The van der Waals surface area contributed by atoms with Gasteiger partial charge in [0.25, 0.3) is 0 Å². The Morgan fingerprint density at radius 2 is 1.73 bits per heavy atom. The minimum Gasteiger partial charge on any atom is -0.381 e. The molecule has 12 heteroatoms. The second-order valence-electron chi connectivity index (χ2n) is 14.7. The van der Waals surface area contributed by atoms with Crippen molar-refractivity contribution in [2.75, 3.05) is 18.5 Å². The van der Waals surface area contributed by atoms with E-state index in [1.54, 1.807) is 22.0 Å². The van der Waals surface area contributed by atoms with Crippen molar-refractivity contribution in [3.05, 3.63) is 63.9 Å². The van der Waals surface area contributed by atoms with Crippen molar-refractivity contribution in [3.8, 4) is 11.1 Å². The Morgan fingerprint density at radius 1 is 1.00 bits per heavy atom. The van der Waals surface area contributed by atoms with Gasteiger partial charge in [0.05, 0.1) is 12.1 Å². The van der Waals surface area contributed by atoms with Crippen molar-refractivity contribution >= 4 is 50.2 Å². The van der Waals surface area contributed by atoms with Crippen LogP contribution in [0.4, 0.5) is 5.82 Å². The molecule has 1 unspecified atom stereocenters. The van der Waals surface area contributed by atoms with Crippen LogP contribution >= 0.6 is 15.9 Å². The molecule has 4 aromatic rings. The molecule has 2 amide bonds. The Balaban J connectivity index is 1.29. The number of anilines is 1. The third-order valence-corrected chi connectivity index (χ3v) is 11.7. The van der Waals surface area contributed by atoms with Gasteiger partial charge in [0, 0.05) is 48.3 Å². The highest BCUT2D eigenvalue weighted by Gasteiger charge is 2.72. The number of ether oxygens (including phenoxy) is 1. The Bertz CT molecular complexity index is 1980. The maximum Gasteiger partial charge on any atom is 0.248 e. The number of pyridine rings is 1. The van der Waals surface area contributed by atoms with Gasteiger partial charge in [0.15, 0.2) is 5.78 Å². The summed E-state index contributed by atoms with van der Waals surface area (Å²) >= 11 is 3.42. The highest BCUT2D eigenvalue weighted by molar-refractivity contribution is 9.10. The average Bonchev–Trinajstić information content (AvgIpc) is 3.35. The summed E-state index contributed by atoms with van der Waals surface area (Å²) in [5, 5.41) is 8.54. The molecule has 5 heterocycles. The van der Waals surface area contributed by atoms with Crippen LogP contribution in [-0.2, 0) is 27.3 Å². The molecule has 1 aromatic carbocycles. The van der Waals surface area contributed by atoms with E-state index in [1.807, 2.05) is 32.0 Å². The number of nitrogens with zero attached hydrogens (tertiary/aromatic N) is 6. The Labute approximate surface area is 307 Å². The first-order valence-corrected chi connectivity index (χ1v) is 19.0. The van der Waals surface area contributed by atoms with Gasteiger partial charge in [-0.25, -0.2) is 15.0 Å². The summed E-state index contributed by atoms with van der Waals surface area (Å²) in [6, 6.07) is 6.99. The van der Waals surface area contributed by atoms with E-state index in [1.165, 1.54) is 19.8 Å². The summed E-state index contributed by atoms with van der Waals surface area (Å²) in [5.41, 5.74) is 4.44. The summed E-state index contributed by atoms with van der Waals surface area (Å²) in [6.45, 7) is 8.50. The summed E-state index contributed by atoms with van der Waals surface area (Å²) in [7, 11) is 0. The monoisotopic (exact) mass is 755 g/mol. The van der Waals surface area contributed by atoms with Crippen LogP contribution in [0.3, 0.4) is 0 Å². The number of hydrogen-bond acceptors (Lipinski definition) is 8. The number of aryl methyl sites for hydroxylation is 3. The van der Waals surface area contributed by atoms with Crippen LogP contribution in [0, 0.1) is 25.2 Å². The maximum absolute atomic E-state index is 14.6. The van der Waals surface area contributed by atoms with E-state index in [4.69, 9.17) is 9.84 Å². The topological polar surface area (TPSA) is 132 Å². The zero-order valence-corrected chi connectivity index (χ0v) is 31.5. The van der Waals surface area contributed by atoms with Gasteiger partial charge in [-0.2, -0.15) is 5.10 Å². The first-order chi connectivity index (χ1) is 24.6. The number of ketones is 1. The zero-order valence-electron chi connectivity index (χ0n) is 29.9. The number of carbonyl (C=O) groups excluding carboxylic acids is 3. The van der Waals surface area contributed by atoms with E-state index in [0.29, 0.717) is 47.0 Å². The van der Waals surface area contributed by atoms with Crippen LogP contribution < -0.4 is 5.32 Å². The van der Waals surface area contributed by atoms with Crippen LogP contribution in [-0.4, -0.2) is 72.5 Å². The van der Waals surface area contributed by atoms with Crippen molar-refractivity contribution in [1.29, 1.82) is 0 Å². The Hall–Kier alpha value is -4.03. The molecule has 51 heavy (non-hydrogen) atoms. The van der Waals surface area contributed by atoms with Gasteiger partial charge >= 0.3 is 0 Å². The van der Waals surface area contributed by atoms with Crippen LogP contribution in [0.25, 0.3) is 22.0 Å². The number of benzene rings is 1. The third-order valence-electron chi connectivity index (χ3n) is 11.2. The molecule has 2 fully saturated rings. The highest BCUT2D eigenvalue weighted by Crippen LogP contribution is 2.64. The molecular formula is C39H46BrN7O4. The SMILES string of the molecule is CC(=O)c1nn2c3c(cc(-c4cnc(C)nc4)cc13)CCCCCCCCCOC[C@@]13C[C@@H](C(=O)Nc4nc(Br)ccc4C)N(C(=O)C2)C1[C@@H]3C. The van der Waals surface area contributed by atoms with Gasteiger partial charge in [-0.05, 0) is 96.3 Å². The van der Waals surface area contributed by atoms with Gasteiger partial charge < -0.3 is 15.0 Å². The summed E-state index contributed by atoms with van der Waals surface area (Å²) in [4.78, 5) is 56.9. The van der Waals surface area contributed by atoms with E-state index < -0.39 is 6.04 Å². The average molecular weight is 757 g/mol. The lowest BCUT2D eigenvalue weighted by Crippen LogP contribution is -2.47. The lowest BCUT2D eigenvalue weighted by molar-refractivity contribution is -0.138. The summed E-state index contributed by atoms with van der Waals surface area (Å²) in [6.07, 6.45) is 12.6. The smallest absolute Gasteiger partial charge is 0.248 e. The zero-order chi connectivity index (χ0) is 35.9. The maximum atomic E-state index is 14.6. The molecule has 3 aliphatic rings. The van der Waals surface area contributed by atoms with Crippen molar-refractivity contribution < 1.29 is 19.1 Å². The number of halogens is 1. The number of amides is 2. The van der Waals surface area contributed by atoms with E-state index in [-0.39, 0.29) is 41.5 Å². The third kappa shape index (κ3) is 6.96. The number of piperidine rings is 1. The number of Topliss-reactive ketones (excluding diaryl/α,β-unsaturated/α-hetero) is 1. The number of nitrogens with one attached hydrogen (secondary N) is 1.